The quantitative estimate of drug-likeness (QED) is 0.273. The van der Waals surface area contributed by atoms with E-state index < -0.39 is 5.97 Å². The van der Waals surface area contributed by atoms with Crippen molar-refractivity contribution in [1.82, 2.24) is 30.1 Å². The lowest BCUT2D eigenvalue weighted by Gasteiger charge is -2.22. The van der Waals surface area contributed by atoms with Gasteiger partial charge in [0.05, 0.1) is 27.4 Å². The van der Waals surface area contributed by atoms with Gasteiger partial charge in [-0.25, -0.2) is 4.68 Å². The third-order valence-electron chi connectivity index (χ3n) is 6.50. The third-order valence-corrected chi connectivity index (χ3v) is 6.50. The van der Waals surface area contributed by atoms with Crippen molar-refractivity contribution in [2.45, 2.75) is 46.8 Å². The van der Waals surface area contributed by atoms with Crippen molar-refractivity contribution < 1.29 is 19.0 Å². The number of hydrogen-bond donors (Lipinski definition) is 1. The summed E-state index contributed by atoms with van der Waals surface area (Å²) in [5.74, 6) is 1.39. The van der Waals surface area contributed by atoms with Gasteiger partial charge in [-0.1, -0.05) is 12.1 Å². The van der Waals surface area contributed by atoms with Gasteiger partial charge in [-0.05, 0) is 78.6 Å². The largest absolute Gasteiger partial charge is 0.493 e. The number of tetrazole rings is 1. The molecule has 0 aliphatic heterocycles. The highest BCUT2D eigenvalue weighted by Crippen LogP contribution is 2.28. The Morgan fingerprint density at radius 3 is 2.59 bits per heavy atom. The number of fused-ring (bicyclic) bond motifs is 1. The first kappa shape index (κ1) is 27.8. The number of methoxy groups -OCH3 is 2. The van der Waals surface area contributed by atoms with E-state index in [4.69, 9.17) is 14.2 Å². The fourth-order valence-electron chi connectivity index (χ4n) is 4.60. The Balaban J connectivity index is 1.62. The molecule has 1 N–H and O–H groups in total. The van der Waals surface area contributed by atoms with Crippen LogP contribution >= 0.6 is 0 Å². The summed E-state index contributed by atoms with van der Waals surface area (Å²) in [5.41, 5.74) is 4.53. The molecule has 0 fully saturated rings. The molecule has 0 unspecified atom stereocenters. The highest BCUT2D eigenvalue weighted by molar-refractivity contribution is 5.83. The summed E-state index contributed by atoms with van der Waals surface area (Å²) in [7, 11) is 3.21. The van der Waals surface area contributed by atoms with Gasteiger partial charge in [-0.2, -0.15) is 0 Å². The SMILES string of the molecule is CCOC(=O)Cn1nnnc1CN(CCc1ccc(OC)c(OC)c1)Cc1cc2c(C)cc(C)cc2[nH]c1=O. The lowest BCUT2D eigenvalue weighted by atomic mass is 10.0. The highest BCUT2D eigenvalue weighted by Gasteiger charge is 2.18. The van der Waals surface area contributed by atoms with Crippen LogP contribution in [-0.2, 0) is 35.6 Å². The molecule has 2 heterocycles. The minimum absolute atomic E-state index is 0.0885. The summed E-state index contributed by atoms with van der Waals surface area (Å²) < 4.78 is 17.3. The minimum Gasteiger partial charge on any atom is -0.493 e. The Morgan fingerprint density at radius 1 is 1.05 bits per heavy atom. The molecular formula is C28H34N6O5. The fourth-order valence-corrected chi connectivity index (χ4v) is 4.60. The molecule has 0 radical (unpaired) electrons. The van der Waals surface area contributed by atoms with Crippen molar-refractivity contribution in [3.8, 4) is 11.5 Å². The summed E-state index contributed by atoms with van der Waals surface area (Å²) >= 11 is 0. The first-order valence-corrected chi connectivity index (χ1v) is 12.8. The maximum absolute atomic E-state index is 13.1. The van der Waals surface area contributed by atoms with Crippen LogP contribution in [0.2, 0.25) is 0 Å². The smallest absolute Gasteiger partial charge is 0.327 e. The molecule has 11 heteroatoms. The number of H-pyrrole nitrogens is 1. The Hall–Kier alpha value is -4.25. The van der Waals surface area contributed by atoms with Crippen molar-refractivity contribution in [2.75, 3.05) is 27.4 Å². The van der Waals surface area contributed by atoms with Crippen molar-refractivity contribution >= 4 is 16.9 Å². The van der Waals surface area contributed by atoms with E-state index in [0.717, 1.165) is 27.6 Å². The van der Waals surface area contributed by atoms with Crippen LogP contribution in [0.15, 0.2) is 41.2 Å². The molecule has 0 atom stereocenters. The first-order valence-electron chi connectivity index (χ1n) is 12.8. The van der Waals surface area contributed by atoms with E-state index in [1.165, 1.54) is 4.68 Å². The minimum atomic E-state index is -0.417. The second-order valence-electron chi connectivity index (χ2n) is 9.37. The number of carbonyl (C=O) groups is 1. The van der Waals surface area contributed by atoms with Crippen LogP contribution in [-0.4, -0.2) is 63.4 Å². The van der Waals surface area contributed by atoms with E-state index in [2.05, 4.69) is 31.5 Å². The van der Waals surface area contributed by atoms with E-state index in [1.54, 1.807) is 21.1 Å². The molecule has 2 aromatic carbocycles. The Bertz CT molecular complexity index is 1510. The molecule has 206 valence electrons. The Morgan fingerprint density at radius 2 is 1.85 bits per heavy atom. The fraction of sp³-hybridized carbons (Fsp3) is 0.393. The molecule has 0 spiro atoms. The number of nitrogens with zero attached hydrogens (tertiary/aromatic N) is 5. The van der Waals surface area contributed by atoms with Crippen LogP contribution in [0.1, 0.15) is 35.0 Å². The predicted octanol–water partition coefficient (Wildman–Crippen LogP) is 2.96. The van der Waals surface area contributed by atoms with Crippen molar-refractivity contribution in [2.24, 2.45) is 0 Å². The maximum Gasteiger partial charge on any atom is 0.327 e. The number of rotatable bonds is 12. The average molecular weight is 535 g/mol. The monoisotopic (exact) mass is 534 g/mol. The molecule has 0 aliphatic rings. The van der Waals surface area contributed by atoms with Gasteiger partial charge in [0.2, 0.25) is 0 Å². The van der Waals surface area contributed by atoms with Gasteiger partial charge in [-0.15, -0.1) is 5.10 Å². The van der Waals surface area contributed by atoms with Gasteiger partial charge in [0.1, 0.15) is 6.54 Å². The zero-order chi connectivity index (χ0) is 27.9. The summed E-state index contributed by atoms with van der Waals surface area (Å²) in [6, 6.07) is 11.8. The number of carbonyl (C=O) groups excluding carboxylic acids is 1. The van der Waals surface area contributed by atoms with E-state index in [-0.39, 0.29) is 18.7 Å². The summed E-state index contributed by atoms with van der Waals surface area (Å²) in [6.07, 6.45) is 0.670. The number of benzene rings is 2. The second kappa shape index (κ2) is 12.5. The lowest BCUT2D eigenvalue weighted by molar-refractivity contribution is -0.144. The van der Waals surface area contributed by atoms with Crippen LogP contribution in [0.4, 0.5) is 0 Å². The molecule has 0 saturated heterocycles. The molecule has 11 nitrogen and oxygen atoms in total. The van der Waals surface area contributed by atoms with Crippen LogP contribution in [0, 0.1) is 13.8 Å². The number of ether oxygens (including phenoxy) is 3. The molecule has 4 rings (SSSR count). The van der Waals surface area contributed by atoms with Gasteiger partial charge < -0.3 is 19.2 Å². The topological polar surface area (TPSA) is 124 Å². The predicted molar refractivity (Wildman–Crippen MR) is 146 cm³/mol. The van der Waals surface area contributed by atoms with E-state index in [1.807, 2.05) is 44.2 Å². The van der Waals surface area contributed by atoms with Crippen LogP contribution in [0.25, 0.3) is 10.9 Å². The van der Waals surface area contributed by atoms with E-state index >= 15 is 0 Å². The molecule has 0 amide bonds. The zero-order valence-corrected chi connectivity index (χ0v) is 23.0. The van der Waals surface area contributed by atoms with Gasteiger partial charge in [-0.3, -0.25) is 14.5 Å². The van der Waals surface area contributed by atoms with E-state index in [9.17, 15) is 9.59 Å². The standard InChI is InChI=1S/C28H34N6O5/c1-6-39-27(35)17-34-26(30-31-32-34)16-33(10-9-20-7-8-24(37-4)25(13-20)38-5)15-21-14-22-19(3)11-18(2)12-23(22)29-28(21)36/h7-8,11-14H,6,9-10,15-17H2,1-5H3,(H,29,36). The van der Waals surface area contributed by atoms with Gasteiger partial charge in [0, 0.05) is 29.6 Å². The van der Waals surface area contributed by atoms with Crippen LogP contribution in [0.5, 0.6) is 11.5 Å². The molecule has 4 aromatic rings. The molecule has 0 bridgehead atoms. The zero-order valence-electron chi connectivity index (χ0n) is 23.0. The molecule has 39 heavy (non-hydrogen) atoms. The molecular weight excluding hydrogens is 500 g/mol. The lowest BCUT2D eigenvalue weighted by Crippen LogP contribution is -2.30. The summed E-state index contributed by atoms with van der Waals surface area (Å²) in [5, 5.41) is 12.9. The number of hydrogen-bond acceptors (Lipinski definition) is 9. The number of aromatic amines is 1. The summed E-state index contributed by atoms with van der Waals surface area (Å²) in [4.78, 5) is 30.3. The summed E-state index contributed by atoms with van der Waals surface area (Å²) in [6.45, 7) is 7.25. The normalized spacial score (nSPS) is 11.2. The average Bonchev–Trinajstić information content (AvgIpc) is 3.33. The number of nitrogens with one attached hydrogen (secondary N) is 1. The third kappa shape index (κ3) is 6.80. The van der Waals surface area contributed by atoms with Gasteiger partial charge in [0.25, 0.3) is 5.56 Å². The Labute approximate surface area is 226 Å². The van der Waals surface area contributed by atoms with Gasteiger partial charge >= 0.3 is 5.97 Å². The molecule has 0 saturated carbocycles. The van der Waals surface area contributed by atoms with Crippen LogP contribution < -0.4 is 15.0 Å². The Kier molecular flexibility index (Phi) is 8.92. The van der Waals surface area contributed by atoms with Gasteiger partial charge in [0.15, 0.2) is 17.3 Å². The molecule has 2 aromatic heterocycles. The molecule has 0 aliphatic carbocycles. The number of aryl methyl sites for hydroxylation is 2. The maximum atomic E-state index is 13.1. The first-order chi connectivity index (χ1) is 18.8. The number of pyridine rings is 1. The van der Waals surface area contributed by atoms with Crippen molar-refractivity contribution in [3.05, 3.63) is 74.8 Å². The highest BCUT2D eigenvalue weighted by atomic mass is 16.5. The van der Waals surface area contributed by atoms with E-state index in [0.29, 0.717) is 48.9 Å². The second-order valence-corrected chi connectivity index (χ2v) is 9.37. The van der Waals surface area contributed by atoms with Crippen molar-refractivity contribution in [1.29, 1.82) is 0 Å². The number of esters is 1. The van der Waals surface area contributed by atoms with Crippen molar-refractivity contribution in [3.63, 3.8) is 0 Å². The van der Waals surface area contributed by atoms with Crippen LogP contribution in [0.3, 0.4) is 0 Å². The number of aromatic nitrogens is 5.